The third kappa shape index (κ3) is 1.18. The van der Waals surface area contributed by atoms with E-state index < -0.39 is 17.9 Å². The Bertz CT molecular complexity index is 232. The lowest BCUT2D eigenvalue weighted by molar-refractivity contribution is -0.186. The van der Waals surface area contributed by atoms with Crippen molar-refractivity contribution in [3.63, 3.8) is 0 Å². The monoisotopic (exact) mass is 193 g/mol. The third-order valence-electron chi connectivity index (χ3n) is 2.79. The van der Waals surface area contributed by atoms with Crippen LogP contribution >= 0.6 is 0 Å². The molecule has 2 aliphatic heterocycles. The number of hydrogen-bond donors (Lipinski definition) is 1. The molecule has 2 fully saturated rings. The summed E-state index contributed by atoms with van der Waals surface area (Å²) in [6, 6.07) is -0.347. The average Bonchev–Trinajstić information content (AvgIpc) is 2.35. The van der Waals surface area contributed by atoms with Gasteiger partial charge in [0.05, 0.1) is 6.61 Å². The first-order chi connectivity index (χ1) is 5.84. The van der Waals surface area contributed by atoms with E-state index in [0.29, 0.717) is 0 Å². The minimum absolute atomic E-state index is 0.277. The zero-order valence-electron chi connectivity index (χ0n) is 7.63. The molecule has 13 heavy (non-hydrogen) atoms. The Labute approximate surface area is 75.3 Å². The van der Waals surface area contributed by atoms with Crippen LogP contribution in [0.2, 0.25) is 0 Å². The summed E-state index contributed by atoms with van der Waals surface area (Å²) in [5.74, 6) is -2.99. The Morgan fingerprint density at radius 2 is 2.08 bits per heavy atom. The van der Waals surface area contributed by atoms with Crippen LogP contribution in [0.15, 0.2) is 0 Å². The van der Waals surface area contributed by atoms with Crippen LogP contribution in [0.4, 0.5) is 8.78 Å². The lowest BCUT2D eigenvalue weighted by atomic mass is 10.2. The van der Waals surface area contributed by atoms with Gasteiger partial charge in [-0.15, -0.1) is 0 Å². The molecular formula is C8H13F2NO2. The van der Waals surface area contributed by atoms with Crippen molar-refractivity contribution in [2.75, 3.05) is 6.61 Å². The van der Waals surface area contributed by atoms with Gasteiger partial charge >= 0.3 is 0 Å². The highest BCUT2D eigenvalue weighted by molar-refractivity contribution is 5.01. The highest BCUT2D eigenvalue weighted by Gasteiger charge is 2.60. The number of ether oxygens (including phenoxy) is 1. The van der Waals surface area contributed by atoms with Gasteiger partial charge in [-0.05, 0) is 13.8 Å². The molecule has 0 bridgehead atoms. The fourth-order valence-electron chi connectivity index (χ4n) is 2.17. The van der Waals surface area contributed by atoms with E-state index in [9.17, 15) is 13.9 Å². The standard InChI is InChI=1S/C8H13F2NO2/c1-7(2)11-5(4-13-7)3-8(9,10)6(11)12/h5-6,12H,3-4H2,1-2H3/t5-,6?/m1/s1. The van der Waals surface area contributed by atoms with E-state index in [4.69, 9.17) is 4.74 Å². The van der Waals surface area contributed by atoms with Gasteiger partial charge in [0.25, 0.3) is 5.92 Å². The normalized spacial score (nSPS) is 42.2. The molecule has 0 saturated carbocycles. The molecule has 0 aliphatic carbocycles. The van der Waals surface area contributed by atoms with Gasteiger partial charge in [-0.2, -0.15) is 0 Å². The summed E-state index contributed by atoms with van der Waals surface area (Å²) in [6.45, 7) is 3.66. The maximum atomic E-state index is 13.1. The van der Waals surface area contributed by atoms with E-state index >= 15 is 0 Å². The lowest BCUT2D eigenvalue weighted by Crippen LogP contribution is -2.49. The Morgan fingerprint density at radius 1 is 1.46 bits per heavy atom. The Morgan fingerprint density at radius 3 is 2.62 bits per heavy atom. The van der Waals surface area contributed by atoms with Crippen LogP contribution in [0.25, 0.3) is 0 Å². The van der Waals surface area contributed by atoms with Gasteiger partial charge in [-0.3, -0.25) is 0 Å². The molecule has 0 aromatic carbocycles. The second kappa shape index (κ2) is 2.40. The number of alkyl halides is 2. The molecule has 1 N–H and O–H groups in total. The summed E-state index contributed by atoms with van der Waals surface area (Å²) in [5.41, 5.74) is -0.774. The molecule has 2 aliphatic rings. The first kappa shape index (κ1) is 9.30. The fourth-order valence-corrected chi connectivity index (χ4v) is 2.17. The van der Waals surface area contributed by atoms with Crippen LogP contribution < -0.4 is 0 Å². The molecule has 2 rings (SSSR count). The first-order valence-corrected chi connectivity index (χ1v) is 4.33. The molecule has 76 valence electrons. The lowest BCUT2D eigenvalue weighted by Gasteiger charge is -2.32. The van der Waals surface area contributed by atoms with Crippen molar-refractivity contribution in [1.29, 1.82) is 0 Å². The summed E-state index contributed by atoms with van der Waals surface area (Å²) in [6.07, 6.45) is -2.01. The van der Waals surface area contributed by atoms with Gasteiger partial charge in [-0.25, -0.2) is 13.7 Å². The number of hydrogen-bond acceptors (Lipinski definition) is 3. The zero-order valence-corrected chi connectivity index (χ0v) is 7.63. The predicted molar refractivity (Wildman–Crippen MR) is 41.2 cm³/mol. The number of rotatable bonds is 0. The van der Waals surface area contributed by atoms with E-state index in [-0.39, 0.29) is 19.1 Å². The number of aliphatic hydroxyl groups is 1. The van der Waals surface area contributed by atoms with Crippen LogP contribution in [-0.4, -0.2) is 40.5 Å². The van der Waals surface area contributed by atoms with E-state index in [1.807, 2.05) is 0 Å². The Balaban J connectivity index is 2.27. The highest BCUT2D eigenvalue weighted by Crippen LogP contribution is 2.44. The van der Waals surface area contributed by atoms with Crippen LogP contribution in [0.5, 0.6) is 0 Å². The maximum Gasteiger partial charge on any atom is 0.288 e. The molecule has 0 aromatic heterocycles. The van der Waals surface area contributed by atoms with Crippen LogP contribution in [-0.2, 0) is 4.74 Å². The average molecular weight is 193 g/mol. The summed E-state index contributed by atoms with van der Waals surface area (Å²) in [4.78, 5) is 1.35. The largest absolute Gasteiger partial charge is 0.372 e. The SMILES string of the molecule is CC1(C)OC[C@H]2CC(F)(F)C(O)N21. The van der Waals surface area contributed by atoms with E-state index in [1.54, 1.807) is 13.8 Å². The summed E-state index contributed by atoms with van der Waals surface area (Å²) in [5, 5.41) is 9.36. The second-order valence-electron chi connectivity index (χ2n) is 4.16. The summed E-state index contributed by atoms with van der Waals surface area (Å²) < 4.78 is 31.4. The fraction of sp³-hybridized carbons (Fsp3) is 1.00. The molecule has 0 aromatic rings. The van der Waals surface area contributed by atoms with Gasteiger partial charge in [0.2, 0.25) is 0 Å². The first-order valence-electron chi connectivity index (χ1n) is 4.33. The molecule has 2 heterocycles. The molecule has 0 amide bonds. The topological polar surface area (TPSA) is 32.7 Å². The maximum absolute atomic E-state index is 13.1. The van der Waals surface area contributed by atoms with Crippen molar-refractivity contribution in [2.45, 2.75) is 44.2 Å². The number of fused-ring (bicyclic) bond motifs is 1. The van der Waals surface area contributed by atoms with Crippen molar-refractivity contribution < 1.29 is 18.6 Å². The van der Waals surface area contributed by atoms with E-state index in [0.717, 1.165) is 0 Å². The van der Waals surface area contributed by atoms with Crippen molar-refractivity contribution >= 4 is 0 Å². The van der Waals surface area contributed by atoms with Gasteiger partial charge in [-0.1, -0.05) is 0 Å². The molecular weight excluding hydrogens is 180 g/mol. The predicted octanol–water partition coefficient (Wildman–Crippen LogP) is 0.781. The van der Waals surface area contributed by atoms with Crippen molar-refractivity contribution in [3.8, 4) is 0 Å². The molecule has 2 atom stereocenters. The van der Waals surface area contributed by atoms with Crippen LogP contribution in [0, 0.1) is 0 Å². The number of aliphatic hydroxyl groups excluding tert-OH is 1. The molecule has 0 spiro atoms. The van der Waals surface area contributed by atoms with E-state index in [1.165, 1.54) is 4.90 Å². The third-order valence-corrected chi connectivity index (χ3v) is 2.79. The number of halogens is 2. The summed E-state index contributed by atoms with van der Waals surface area (Å²) >= 11 is 0. The van der Waals surface area contributed by atoms with E-state index in [2.05, 4.69) is 0 Å². The van der Waals surface area contributed by atoms with Crippen molar-refractivity contribution in [1.82, 2.24) is 4.90 Å². The number of nitrogens with zero attached hydrogens (tertiary/aromatic N) is 1. The van der Waals surface area contributed by atoms with Crippen molar-refractivity contribution in [2.24, 2.45) is 0 Å². The van der Waals surface area contributed by atoms with Crippen LogP contribution in [0.1, 0.15) is 20.3 Å². The molecule has 3 nitrogen and oxygen atoms in total. The Hall–Kier alpha value is -0.260. The zero-order chi connectivity index (χ0) is 9.85. The minimum Gasteiger partial charge on any atom is -0.372 e. The molecule has 5 heteroatoms. The van der Waals surface area contributed by atoms with Crippen LogP contribution in [0.3, 0.4) is 0 Å². The molecule has 1 unspecified atom stereocenters. The second-order valence-corrected chi connectivity index (χ2v) is 4.16. The minimum atomic E-state index is -2.99. The van der Waals surface area contributed by atoms with Gasteiger partial charge in [0.15, 0.2) is 6.23 Å². The quantitative estimate of drug-likeness (QED) is 0.617. The van der Waals surface area contributed by atoms with Crippen molar-refractivity contribution in [3.05, 3.63) is 0 Å². The van der Waals surface area contributed by atoms with Gasteiger partial charge in [0.1, 0.15) is 5.72 Å². The molecule has 0 radical (unpaired) electrons. The summed E-state index contributed by atoms with van der Waals surface area (Å²) in [7, 11) is 0. The van der Waals surface area contributed by atoms with Gasteiger partial charge < -0.3 is 9.84 Å². The smallest absolute Gasteiger partial charge is 0.288 e. The molecule has 2 saturated heterocycles. The van der Waals surface area contributed by atoms with Gasteiger partial charge in [0, 0.05) is 12.5 Å². The Kier molecular flexibility index (Phi) is 1.72. The highest BCUT2D eigenvalue weighted by atomic mass is 19.3.